The second-order valence-corrected chi connectivity index (χ2v) is 5.72. The maximum Gasteiger partial charge on any atom is 0.148 e. The van der Waals surface area contributed by atoms with E-state index in [1.165, 1.54) is 12.8 Å². The number of rotatable bonds is 4. The van der Waals surface area contributed by atoms with Crippen LogP contribution in [0, 0.1) is 6.92 Å². The third-order valence-electron chi connectivity index (χ3n) is 4.29. The Kier molecular flexibility index (Phi) is 3.76. The van der Waals surface area contributed by atoms with E-state index >= 15 is 0 Å². The van der Waals surface area contributed by atoms with Crippen molar-refractivity contribution in [1.82, 2.24) is 9.97 Å². The maximum absolute atomic E-state index is 5.60. The number of nitrogen functional groups attached to an aromatic ring is 1. The first-order chi connectivity index (χ1) is 9.72. The van der Waals surface area contributed by atoms with Gasteiger partial charge in [-0.05, 0) is 32.6 Å². The minimum Gasteiger partial charge on any atom is -0.381 e. The summed E-state index contributed by atoms with van der Waals surface area (Å²) >= 11 is 0. The van der Waals surface area contributed by atoms with Gasteiger partial charge in [0.05, 0.1) is 6.10 Å². The fourth-order valence-corrected chi connectivity index (χ4v) is 2.80. The molecule has 20 heavy (non-hydrogen) atoms. The fourth-order valence-electron chi connectivity index (χ4n) is 2.80. The molecule has 0 amide bonds. The molecule has 0 bridgehead atoms. The summed E-state index contributed by atoms with van der Waals surface area (Å²) in [6.07, 6.45) is 4.86. The Labute approximate surface area is 119 Å². The fraction of sp³-hybridized carbons (Fsp3) is 0.714. The van der Waals surface area contributed by atoms with Crippen LogP contribution in [0.2, 0.25) is 0 Å². The molecule has 0 spiro atoms. The SMILES string of the molecule is COC1CCN(c2nc(C3CC3)nc(NN)c2C)CC1. The van der Waals surface area contributed by atoms with Gasteiger partial charge in [-0.1, -0.05) is 0 Å². The first-order valence-electron chi connectivity index (χ1n) is 7.35. The molecule has 6 nitrogen and oxygen atoms in total. The molecule has 1 saturated carbocycles. The van der Waals surface area contributed by atoms with E-state index in [1.54, 1.807) is 7.11 Å². The van der Waals surface area contributed by atoms with Crippen molar-refractivity contribution in [1.29, 1.82) is 0 Å². The Balaban J connectivity index is 1.86. The van der Waals surface area contributed by atoms with E-state index in [1.807, 2.05) is 6.92 Å². The van der Waals surface area contributed by atoms with Gasteiger partial charge < -0.3 is 15.1 Å². The highest BCUT2D eigenvalue weighted by Gasteiger charge is 2.30. The van der Waals surface area contributed by atoms with Crippen LogP contribution in [0.15, 0.2) is 0 Å². The van der Waals surface area contributed by atoms with Crippen LogP contribution in [0.25, 0.3) is 0 Å². The standard InChI is InChI=1S/C14H23N5O/c1-9-12(18-15)16-13(10-3-4-10)17-14(9)19-7-5-11(20-2)6-8-19/h10-11H,3-8,15H2,1-2H3,(H,16,17,18). The number of ether oxygens (including phenoxy) is 1. The molecule has 2 fully saturated rings. The van der Waals surface area contributed by atoms with E-state index in [9.17, 15) is 0 Å². The Morgan fingerprint density at radius 3 is 2.45 bits per heavy atom. The Hall–Kier alpha value is -1.40. The lowest BCUT2D eigenvalue weighted by Crippen LogP contribution is -2.38. The predicted molar refractivity (Wildman–Crippen MR) is 78.8 cm³/mol. The van der Waals surface area contributed by atoms with Gasteiger partial charge in [-0.25, -0.2) is 15.8 Å². The van der Waals surface area contributed by atoms with E-state index in [2.05, 4.69) is 15.3 Å². The molecule has 0 radical (unpaired) electrons. The molecule has 3 rings (SSSR count). The molecule has 1 aliphatic heterocycles. The van der Waals surface area contributed by atoms with Crippen LogP contribution >= 0.6 is 0 Å². The van der Waals surface area contributed by atoms with Gasteiger partial charge in [-0.15, -0.1) is 0 Å². The van der Waals surface area contributed by atoms with Crippen molar-refractivity contribution in [3.63, 3.8) is 0 Å². The van der Waals surface area contributed by atoms with E-state index in [0.29, 0.717) is 12.0 Å². The first kappa shape index (κ1) is 13.6. The van der Waals surface area contributed by atoms with Crippen LogP contribution in [-0.2, 0) is 4.74 Å². The molecule has 2 heterocycles. The van der Waals surface area contributed by atoms with Crippen LogP contribution in [0.4, 0.5) is 11.6 Å². The van der Waals surface area contributed by atoms with Gasteiger partial charge in [0, 0.05) is 31.7 Å². The highest BCUT2D eigenvalue weighted by molar-refractivity contribution is 5.58. The van der Waals surface area contributed by atoms with Crippen molar-refractivity contribution in [3.05, 3.63) is 11.4 Å². The molecule has 0 atom stereocenters. The molecule has 110 valence electrons. The topological polar surface area (TPSA) is 76.3 Å². The number of methoxy groups -OCH3 is 1. The van der Waals surface area contributed by atoms with Gasteiger partial charge in [0.15, 0.2) is 0 Å². The number of hydrazine groups is 1. The number of anilines is 2. The Morgan fingerprint density at radius 1 is 1.20 bits per heavy atom. The zero-order valence-corrected chi connectivity index (χ0v) is 12.2. The summed E-state index contributed by atoms with van der Waals surface area (Å²) in [7, 11) is 1.79. The first-order valence-corrected chi connectivity index (χ1v) is 7.35. The van der Waals surface area contributed by atoms with Crippen molar-refractivity contribution in [3.8, 4) is 0 Å². The molecule has 1 aromatic rings. The van der Waals surface area contributed by atoms with Gasteiger partial charge in [-0.3, -0.25) is 0 Å². The summed E-state index contributed by atoms with van der Waals surface area (Å²) in [6.45, 7) is 3.98. The molecule has 1 aliphatic carbocycles. The molecule has 6 heteroatoms. The van der Waals surface area contributed by atoms with E-state index < -0.39 is 0 Å². The number of piperidine rings is 1. The molecular formula is C14H23N5O. The van der Waals surface area contributed by atoms with Gasteiger partial charge in [-0.2, -0.15) is 0 Å². The van der Waals surface area contributed by atoms with E-state index in [4.69, 9.17) is 15.6 Å². The second-order valence-electron chi connectivity index (χ2n) is 5.72. The van der Waals surface area contributed by atoms with Gasteiger partial charge in [0.1, 0.15) is 17.5 Å². The summed E-state index contributed by atoms with van der Waals surface area (Å²) in [6, 6.07) is 0. The minimum absolute atomic E-state index is 0.378. The third-order valence-corrected chi connectivity index (χ3v) is 4.29. The number of nitrogens with zero attached hydrogens (tertiary/aromatic N) is 3. The quantitative estimate of drug-likeness (QED) is 0.642. The van der Waals surface area contributed by atoms with Gasteiger partial charge in [0.2, 0.25) is 0 Å². The Morgan fingerprint density at radius 2 is 1.90 bits per heavy atom. The Bertz CT molecular complexity index is 481. The largest absolute Gasteiger partial charge is 0.381 e. The van der Waals surface area contributed by atoms with Crippen molar-refractivity contribution in [2.45, 2.75) is 44.6 Å². The third kappa shape index (κ3) is 2.58. The average molecular weight is 277 g/mol. The van der Waals surface area contributed by atoms with E-state index in [0.717, 1.165) is 49.0 Å². The second kappa shape index (κ2) is 5.54. The lowest BCUT2D eigenvalue weighted by molar-refractivity contribution is 0.0817. The smallest absolute Gasteiger partial charge is 0.148 e. The monoisotopic (exact) mass is 277 g/mol. The van der Waals surface area contributed by atoms with Crippen LogP contribution < -0.4 is 16.2 Å². The van der Waals surface area contributed by atoms with Crippen LogP contribution in [0.3, 0.4) is 0 Å². The summed E-state index contributed by atoms with van der Waals surface area (Å²) in [5, 5.41) is 0. The zero-order chi connectivity index (χ0) is 14.1. The number of hydrogen-bond donors (Lipinski definition) is 2. The van der Waals surface area contributed by atoms with Gasteiger partial charge >= 0.3 is 0 Å². The number of aromatic nitrogens is 2. The van der Waals surface area contributed by atoms with Gasteiger partial charge in [0.25, 0.3) is 0 Å². The van der Waals surface area contributed by atoms with Crippen molar-refractivity contribution in [2.75, 3.05) is 30.5 Å². The summed E-state index contributed by atoms with van der Waals surface area (Å²) in [4.78, 5) is 11.7. The van der Waals surface area contributed by atoms with Crippen molar-refractivity contribution < 1.29 is 4.74 Å². The van der Waals surface area contributed by atoms with Crippen molar-refractivity contribution >= 4 is 11.6 Å². The normalized spacial score (nSPS) is 20.2. The number of nitrogens with two attached hydrogens (primary N) is 1. The summed E-state index contributed by atoms with van der Waals surface area (Å²) in [5.74, 6) is 8.85. The molecule has 3 N–H and O–H groups in total. The van der Waals surface area contributed by atoms with Crippen LogP contribution in [0.5, 0.6) is 0 Å². The van der Waals surface area contributed by atoms with Crippen LogP contribution in [-0.4, -0.2) is 36.3 Å². The van der Waals surface area contributed by atoms with Crippen LogP contribution in [0.1, 0.15) is 43.0 Å². The highest BCUT2D eigenvalue weighted by atomic mass is 16.5. The molecule has 1 saturated heterocycles. The molecule has 0 unspecified atom stereocenters. The number of hydrogen-bond acceptors (Lipinski definition) is 6. The predicted octanol–water partition coefficient (Wildman–Crippen LogP) is 1.56. The molecular weight excluding hydrogens is 254 g/mol. The van der Waals surface area contributed by atoms with E-state index in [-0.39, 0.29) is 0 Å². The highest BCUT2D eigenvalue weighted by Crippen LogP contribution is 2.40. The number of nitrogens with one attached hydrogen (secondary N) is 1. The summed E-state index contributed by atoms with van der Waals surface area (Å²) < 4.78 is 5.43. The zero-order valence-electron chi connectivity index (χ0n) is 12.2. The average Bonchev–Trinajstić information content (AvgIpc) is 3.32. The minimum atomic E-state index is 0.378. The lowest BCUT2D eigenvalue weighted by atomic mass is 10.1. The molecule has 1 aromatic heterocycles. The lowest BCUT2D eigenvalue weighted by Gasteiger charge is -2.33. The summed E-state index contributed by atoms with van der Waals surface area (Å²) in [5.41, 5.74) is 3.75. The molecule has 0 aromatic carbocycles. The maximum atomic E-state index is 5.60. The van der Waals surface area contributed by atoms with Crippen molar-refractivity contribution in [2.24, 2.45) is 5.84 Å². The molecule has 2 aliphatic rings.